The van der Waals surface area contributed by atoms with Crippen molar-refractivity contribution in [2.45, 2.75) is 44.9 Å². The first-order chi connectivity index (χ1) is 14.3. The van der Waals surface area contributed by atoms with Gasteiger partial charge < -0.3 is 19.9 Å². The number of morpholine rings is 1. The largest absolute Gasteiger partial charge is 0.373 e. The molecule has 3 saturated heterocycles. The van der Waals surface area contributed by atoms with Crippen LogP contribution in [0.4, 0.5) is 0 Å². The smallest absolute Gasteiger partial charge is 0.194 e. The summed E-state index contributed by atoms with van der Waals surface area (Å²) in [7, 11) is 0. The number of hydrogen-bond donors (Lipinski definition) is 1. The minimum absolute atomic E-state index is 0. The molecule has 7 heteroatoms. The summed E-state index contributed by atoms with van der Waals surface area (Å²) in [4.78, 5) is 12.5. The number of likely N-dealkylation sites (tertiary alicyclic amines) is 2. The van der Waals surface area contributed by atoms with Crippen LogP contribution in [0.25, 0.3) is 0 Å². The number of aliphatic imine (C=N–C) groups is 1. The van der Waals surface area contributed by atoms with E-state index in [-0.39, 0.29) is 30.1 Å². The second-order valence-corrected chi connectivity index (χ2v) is 8.48. The highest BCUT2D eigenvalue weighted by atomic mass is 127. The summed E-state index contributed by atoms with van der Waals surface area (Å²) >= 11 is 0. The van der Waals surface area contributed by atoms with Crippen LogP contribution < -0.4 is 5.32 Å². The number of rotatable bonds is 6. The molecule has 168 valence electrons. The van der Waals surface area contributed by atoms with Crippen molar-refractivity contribution >= 4 is 29.9 Å². The Morgan fingerprint density at radius 3 is 2.67 bits per heavy atom. The molecule has 0 saturated carbocycles. The Morgan fingerprint density at radius 1 is 1.10 bits per heavy atom. The van der Waals surface area contributed by atoms with Crippen molar-refractivity contribution in [1.29, 1.82) is 0 Å². The molecule has 1 N–H and O–H groups in total. The minimum atomic E-state index is 0. The summed E-state index contributed by atoms with van der Waals surface area (Å²) in [6.07, 6.45) is 4.35. The lowest BCUT2D eigenvalue weighted by molar-refractivity contribution is -0.0502. The van der Waals surface area contributed by atoms with E-state index in [0.29, 0.717) is 6.04 Å². The van der Waals surface area contributed by atoms with Crippen LogP contribution in [0.15, 0.2) is 35.3 Å². The average Bonchev–Trinajstić information content (AvgIpc) is 3.20. The number of ether oxygens (including phenoxy) is 1. The maximum absolute atomic E-state index is 6.15. The Balaban J connectivity index is 0.00000256. The molecular formula is C23H38IN5O. The Hall–Kier alpha value is -0.900. The van der Waals surface area contributed by atoms with Crippen molar-refractivity contribution < 1.29 is 4.74 Å². The highest BCUT2D eigenvalue weighted by Gasteiger charge is 2.41. The van der Waals surface area contributed by atoms with E-state index in [9.17, 15) is 0 Å². The highest BCUT2D eigenvalue weighted by molar-refractivity contribution is 14.0. The van der Waals surface area contributed by atoms with Gasteiger partial charge in [0, 0.05) is 39.3 Å². The van der Waals surface area contributed by atoms with Crippen molar-refractivity contribution in [3.05, 3.63) is 35.9 Å². The molecule has 3 heterocycles. The third kappa shape index (κ3) is 6.31. The number of piperidine rings is 1. The zero-order valence-electron chi connectivity index (χ0n) is 18.3. The third-order valence-electron chi connectivity index (χ3n) is 6.41. The molecule has 30 heavy (non-hydrogen) atoms. The number of fused-ring (bicyclic) bond motifs is 1. The summed E-state index contributed by atoms with van der Waals surface area (Å²) in [5, 5.41) is 3.52. The molecule has 0 aliphatic carbocycles. The summed E-state index contributed by atoms with van der Waals surface area (Å²) in [5.41, 5.74) is 1.38. The number of guanidine groups is 1. The average molecular weight is 527 g/mol. The Kier molecular flexibility index (Phi) is 9.67. The van der Waals surface area contributed by atoms with Crippen LogP contribution in [-0.2, 0) is 11.3 Å². The summed E-state index contributed by atoms with van der Waals surface area (Å²) in [5.74, 6) is 1.06. The first-order valence-corrected chi connectivity index (χ1v) is 11.5. The van der Waals surface area contributed by atoms with E-state index in [0.717, 1.165) is 58.4 Å². The summed E-state index contributed by atoms with van der Waals surface area (Å²) in [6.45, 7) is 12.3. The van der Waals surface area contributed by atoms with Crippen molar-refractivity contribution in [1.82, 2.24) is 20.0 Å². The zero-order chi connectivity index (χ0) is 19.9. The van der Waals surface area contributed by atoms with Crippen LogP contribution in [0, 0.1) is 0 Å². The van der Waals surface area contributed by atoms with Crippen LogP contribution in [-0.4, -0.2) is 91.8 Å². The van der Waals surface area contributed by atoms with Gasteiger partial charge in [-0.3, -0.25) is 9.89 Å². The number of hydrogen-bond acceptors (Lipinski definition) is 4. The van der Waals surface area contributed by atoms with Crippen LogP contribution >= 0.6 is 24.0 Å². The monoisotopic (exact) mass is 527 g/mol. The van der Waals surface area contributed by atoms with Crippen LogP contribution in [0.2, 0.25) is 0 Å². The molecule has 1 aromatic rings. The van der Waals surface area contributed by atoms with Gasteiger partial charge in [-0.2, -0.15) is 0 Å². The fourth-order valence-electron chi connectivity index (χ4n) is 4.85. The van der Waals surface area contributed by atoms with Gasteiger partial charge in [0.15, 0.2) is 5.96 Å². The second-order valence-electron chi connectivity index (χ2n) is 8.48. The van der Waals surface area contributed by atoms with Gasteiger partial charge in [0.05, 0.1) is 25.3 Å². The summed E-state index contributed by atoms with van der Waals surface area (Å²) in [6, 6.07) is 11.2. The van der Waals surface area contributed by atoms with Gasteiger partial charge in [0.2, 0.25) is 0 Å². The van der Waals surface area contributed by atoms with Crippen LogP contribution in [0.3, 0.4) is 0 Å². The number of benzene rings is 1. The van der Waals surface area contributed by atoms with Gasteiger partial charge in [-0.1, -0.05) is 36.8 Å². The number of nitrogens with zero attached hydrogens (tertiary/aromatic N) is 4. The predicted octanol–water partition coefficient (Wildman–Crippen LogP) is 2.64. The van der Waals surface area contributed by atoms with Crippen molar-refractivity contribution in [2.75, 3.05) is 59.0 Å². The quantitative estimate of drug-likeness (QED) is 0.350. The maximum Gasteiger partial charge on any atom is 0.194 e. The molecule has 6 nitrogen and oxygen atoms in total. The van der Waals surface area contributed by atoms with Crippen molar-refractivity contribution in [2.24, 2.45) is 4.99 Å². The van der Waals surface area contributed by atoms with E-state index in [1.165, 1.54) is 37.9 Å². The minimum Gasteiger partial charge on any atom is -0.373 e. The van der Waals surface area contributed by atoms with E-state index in [2.05, 4.69) is 57.3 Å². The Labute approximate surface area is 199 Å². The normalized spacial score (nSPS) is 25.6. The van der Waals surface area contributed by atoms with Crippen molar-refractivity contribution in [3.63, 3.8) is 0 Å². The molecule has 3 aliphatic heterocycles. The standard InChI is InChI=1S/C23H37N5O.HI/c1-2-24-23(25-11-14-26-12-7-4-8-13-26)28-18-21-22(19-28)29-16-15-27(21)17-20-9-5-3-6-10-20;/h3,5-6,9-10,21-22H,2,4,7-8,11-19H2,1H3,(H,24,25);1H. The number of halogens is 1. The molecule has 3 aliphatic rings. The van der Waals surface area contributed by atoms with E-state index >= 15 is 0 Å². The number of nitrogens with one attached hydrogen (secondary N) is 1. The fourth-order valence-corrected chi connectivity index (χ4v) is 4.85. The first kappa shape index (κ1) is 23.8. The lowest BCUT2D eigenvalue weighted by atomic mass is 10.1. The SMILES string of the molecule is CCNC(=NCCN1CCCCC1)N1CC2OCCN(Cc3ccccc3)C2C1.I. The highest BCUT2D eigenvalue weighted by Crippen LogP contribution is 2.24. The van der Waals surface area contributed by atoms with Gasteiger partial charge in [0.1, 0.15) is 0 Å². The first-order valence-electron chi connectivity index (χ1n) is 11.5. The van der Waals surface area contributed by atoms with Gasteiger partial charge in [0.25, 0.3) is 0 Å². The van der Waals surface area contributed by atoms with E-state index < -0.39 is 0 Å². The van der Waals surface area contributed by atoms with E-state index in [4.69, 9.17) is 9.73 Å². The van der Waals surface area contributed by atoms with Gasteiger partial charge in [-0.15, -0.1) is 24.0 Å². The van der Waals surface area contributed by atoms with Crippen LogP contribution in [0.5, 0.6) is 0 Å². The lowest BCUT2D eigenvalue weighted by Gasteiger charge is -2.36. The molecule has 2 atom stereocenters. The molecule has 1 aromatic carbocycles. The van der Waals surface area contributed by atoms with Gasteiger partial charge in [-0.25, -0.2) is 0 Å². The third-order valence-corrected chi connectivity index (χ3v) is 6.41. The maximum atomic E-state index is 6.15. The van der Waals surface area contributed by atoms with Gasteiger partial charge in [-0.05, 0) is 38.4 Å². The molecule has 4 rings (SSSR count). The van der Waals surface area contributed by atoms with Crippen molar-refractivity contribution in [3.8, 4) is 0 Å². The fraction of sp³-hybridized carbons (Fsp3) is 0.696. The molecule has 0 spiro atoms. The summed E-state index contributed by atoms with van der Waals surface area (Å²) < 4.78 is 6.15. The molecule has 0 bridgehead atoms. The second kappa shape index (κ2) is 12.2. The molecular weight excluding hydrogens is 489 g/mol. The van der Waals surface area contributed by atoms with E-state index in [1.54, 1.807) is 0 Å². The van der Waals surface area contributed by atoms with Crippen LogP contribution in [0.1, 0.15) is 31.7 Å². The topological polar surface area (TPSA) is 43.3 Å². The molecule has 3 fully saturated rings. The molecule has 0 radical (unpaired) electrons. The Morgan fingerprint density at radius 2 is 1.90 bits per heavy atom. The lowest BCUT2D eigenvalue weighted by Crippen LogP contribution is -2.50. The molecule has 0 amide bonds. The van der Waals surface area contributed by atoms with Gasteiger partial charge >= 0.3 is 0 Å². The molecule has 0 aromatic heterocycles. The zero-order valence-corrected chi connectivity index (χ0v) is 20.7. The predicted molar refractivity (Wildman–Crippen MR) is 134 cm³/mol. The molecule has 2 unspecified atom stereocenters. The van der Waals surface area contributed by atoms with E-state index in [1.807, 2.05) is 0 Å². The Bertz CT molecular complexity index is 652.